The maximum Gasteiger partial charge on any atom is 2.00 e. The number of alkyl halides is 3. The molecular formula is C13H21F3N3NiO3+. The number of nitrogens with zero attached hydrogens (tertiary/aromatic N) is 2. The van der Waals surface area contributed by atoms with E-state index < -0.39 is 12.1 Å². The number of carbonyl (C=O) groups is 2. The van der Waals surface area contributed by atoms with Gasteiger partial charge >= 0.3 is 28.5 Å². The number of urea groups is 1. The van der Waals surface area contributed by atoms with Crippen LogP contribution in [0.5, 0.6) is 0 Å². The van der Waals surface area contributed by atoms with Gasteiger partial charge in [-0.05, 0) is 6.42 Å². The Labute approximate surface area is 143 Å². The van der Waals surface area contributed by atoms with Gasteiger partial charge in [-0.1, -0.05) is 6.42 Å². The summed E-state index contributed by atoms with van der Waals surface area (Å²) in [5.41, 5.74) is 0. The number of halogens is 3. The standard InChI is InChI=1S/C13H21F3N3O3.Ni/c14-13(15,16)4-2-1-3-5-17-12(22)19-8-6-18(7-9-19)10-11(20)21;/h4H,1-3,5-10H2,(H,17,22)(H,20,21);/q-1;+2. The molecule has 0 aromatic rings. The number of rotatable bonds is 7. The third-order valence-electron chi connectivity index (χ3n) is 3.30. The quantitative estimate of drug-likeness (QED) is 0.396. The van der Waals surface area contributed by atoms with E-state index in [0.29, 0.717) is 52.0 Å². The van der Waals surface area contributed by atoms with E-state index >= 15 is 0 Å². The van der Waals surface area contributed by atoms with Gasteiger partial charge in [0.2, 0.25) is 0 Å². The largest absolute Gasteiger partial charge is 2.00 e. The van der Waals surface area contributed by atoms with Crippen molar-refractivity contribution in [3.05, 3.63) is 6.42 Å². The number of unbranched alkanes of at least 4 members (excludes halogenated alkanes) is 2. The summed E-state index contributed by atoms with van der Waals surface area (Å²) < 4.78 is 35.6. The molecule has 0 saturated carbocycles. The van der Waals surface area contributed by atoms with E-state index in [2.05, 4.69) is 5.32 Å². The molecular weight excluding hydrogens is 362 g/mol. The first-order valence-electron chi connectivity index (χ1n) is 7.16. The number of hydrogen-bond donors (Lipinski definition) is 2. The molecule has 136 valence electrons. The predicted octanol–water partition coefficient (Wildman–Crippen LogP) is 1.33. The zero-order chi connectivity index (χ0) is 16.6. The zero-order valence-corrected chi connectivity index (χ0v) is 13.5. The first kappa shape index (κ1) is 22.0. The van der Waals surface area contributed by atoms with E-state index in [0.717, 1.165) is 0 Å². The summed E-state index contributed by atoms with van der Waals surface area (Å²) in [7, 11) is 0. The summed E-state index contributed by atoms with van der Waals surface area (Å²) >= 11 is 0. The SMILES string of the molecule is O=C(O)CN1CCN(C(=O)NCCCC[CH-]C(F)(F)F)CC1.[Ni+2]. The molecule has 0 spiro atoms. The number of carboxylic acids is 1. The molecule has 0 atom stereocenters. The smallest absolute Gasteiger partial charge is 0.480 e. The molecule has 0 bridgehead atoms. The third-order valence-corrected chi connectivity index (χ3v) is 3.30. The van der Waals surface area contributed by atoms with Crippen molar-refractivity contribution in [3.8, 4) is 0 Å². The second-order valence-electron chi connectivity index (χ2n) is 5.13. The van der Waals surface area contributed by atoms with Crippen molar-refractivity contribution in [3.63, 3.8) is 0 Å². The van der Waals surface area contributed by atoms with E-state index in [-0.39, 0.29) is 35.5 Å². The Morgan fingerprint density at radius 2 is 1.74 bits per heavy atom. The third kappa shape index (κ3) is 10.4. The summed E-state index contributed by atoms with van der Waals surface area (Å²) in [6.07, 6.45) is -3.12. The minimum atomic E-state index is -4.24. The monoisotopic (exact) mass is 382 g/mol. The number of amides is 2. The van der Waals surface area contributed by atoms with E-state index in [1.54, 1.807) is 9.80 Å². The van der Waals surface area contributed by atoms with Crippen molar-refractivity contribution in [1.29, 1.82) is 0 Å². The molecule has 2 amide bonds. The van der Waals surface area contributed by atoms with Crippen molar-refractivity contribution in [2.24, 2.45) is 0 Å². The summed E-state index contributed by atoms with van der Waals surface area (Å²) in [6, 6.07) is -0.255. The van der Waals surface area contributed by atoms with Crippen LogP contribution in [0.2, 0.25) is 0 Å². The fourth-order valence-electron chi connectivity index (χ4n) is 2.14. The minimum Gasteiger partial charge on any atom is -0.480 e. The average molecular weight is 383 g/mol. The Bertz CT molecular complexity index is 375. The van der Waals surface area contributed by atoms with Crippen LogP contribution in [0.15, 0.2) is 0 Å². The zero-order valence-electron chi connectivity index (χ0n) is 12.5. The van der Waals surface area contributed by atoms with Gasteiger partial charge in [0.05, 0.1) is 6.54 Å². The summed E-state index contributed by atoms with van der Waals surface area (Å²) in [5.74, 6) is -0.895. The molecule has 23 heavy (non-hydrogen) atoms. The van der Waals surface area contributed by atoms with Crippen LogP contribution in [-0.4, -0.2) is 72.4 Å². The minimum absolute atomic E-state index is 0. The van der Waals surface area contributed by atoms with E-state index in [4.69, 9.17) is 5.11 Å². The van der Waals surface area contributed by atoms with Crippen molar-refractivity contribution in [2.45, 2.75) is 25.4 Å². The molecule has 0 aromatic heterocycles. The maximum atomic E-state index is 11.9. The summed E-state index contributed by atoms with van der Waals surface area (Å²) in [6.45, 7) is 2.19. The Hall–Kier alpha value is -1.02. The number of piperazine rings is 1. The van der Waals surface area contributed by atoms with Gasteiger partial charge in [0, 0.05) is 32.7 Å². The second kappa shape index (κ2) is 10.7. The van der Waals surface area contributed by atoms with Gasteiger partial charge in [-0.25, -0.2) is 24.4 Å². The average Bonchev–Trinajstić information content (AvgIpc) is 2.41. The number of hydrogen-bond acceptors (Lipinski definition) is 3. The van der Waals surface area contributed by atoms with Gasteiger partial charge in [-0.2, -0.15) is 6.42 Å². The molecule has 1 aliphatic rings. The van der Waals surface area contributed by atoms with Gasteiger partial charge in [-0.15, -0.1) is 0 Å². The molecule has 1 heterocycles. The second-order valence-corrected chi connectivity index (χ2v) is 5.13. The molecule has 0 aliphatic carbocycles. The van der Waals surface area contributed by atoms with Crippen LogP contribution >= 0.6 is 0 Å². The fourth-order valence-corrected chi connectivity index (χ4v) is 2.14. The van der Waals surface area contributed by atoms with Crippen molar-refractivity contribution in [2.75, 3.05) is 39.3 Å². The van der Waals surface area contributed by atoms with Crippen LogP contribution in [0.3, 0.4) is 0 Å². The van der Waals surface area contributed by atoms with Crippen molar-refractivity contribution < 1.29 is 44.4 Å². The molecule has 1 rings (SSSR count). The molecule has 1 fully saturated rings. The summed E-state index contributed by atoms with van der Waals surface area (Å²) in [5, 5.41) is 11.3. The first-order valence-corrected chi connectivity index (χ1v) is 7.16. The molecule has 0 aromatic carbocycles. The Balaban J connectivity index is 0.00000484. The van der Waals surface area contributed by atoms with Crippen LogP contribution in [0.25, 0.3) is 0 Å². The maximum absolute atomic E-state index is 11.9. The molecule has 10 heteroatoms. The molecule has 1 aliphatic heterocycles. The number of carbonyl (C=O) groups excluding carboxylic acids is 1. The number of carboxylic acid groups (broad SMARTS) is 1. The van der Waals surface area contributed by atoms with Gasteiger partial charge in [0.25, 0.3) is 6.18 Å². The van der Waals surface area contributed by atoms with Crippen molar-refractivity contribution >= 4 is 12.0 Å². The number of aliphatic carboxylic acids is 1. The first-order chi connectivity index (χ1) is 10.3. The van der Waals surface area contributed by atoms with Gasteiger partial charge in [0.15, 0.2) is 0 Å². The Morgan fingerprint density at radius 1 is 1.13 bits per heavy atom. The Kier molecular flexibility index (Phi) is 10.2. The molecule has 1 saturated heterocycles. The van der Waals surface area contributed by atoms with Crippen molar-refractivity contribution in [1.82, 2.24) is 15.1 Å². The van der Waals surface area contributed by atoms with Gasteiger partial charge in [-0.3, -0.25) is 9.69 Å². The molecule has 2 N–H and O–H groups in total. The molecule has 6 nitrogen and oxygen atoms in total. The van der Waals surface area contributed by atoms with Crippen LogP contribution in [0, 0.1) is 6.42 Å². The van der Waals surface area contributed by atoms with Crippen LogP contribution in [0.4, 0.5) is 18.0 Å². The predicted molar refractivity (Wildman–Crippen MR) is 73.3 cm³/mol. The molecule has 0 radical (unpaired) electrons. The summed E-state index contributed by atoms with van der Waals surface area (Å²) in [4.78, 5) is 25.7. The normalized spacial score (nSPS) is 15.9. The Morgan fingerprint density at radius 3 is 2.26 bits per heavy atom. The van der Waals surface area contributed by atoms with Gasteiger partial charge < -0.3 is 15.3 Å². The number of nitrogens with one attached hydrogen (secondary N) is 1. The van der Waals surface area contributed by atoms with E-state index in [1.807, 2.05) is 0 Å². The molecule has 0 unspecified atom stereocenters. The van der Waals surface area contributed by atoms with E-state index in [9.17, 15) is 22.8 Å². The van der Waals surface area contributed by atoms with E-state index in [1.165, 1.54) is 0 Å². The fraction of sp³-hybridized carbons (Fsp3) is 0.769. The van der Waals surface area contributed by atoms with Crippen LogP contribution < -0.4 is 5.32 Å². The topological polar surface area (TPSA) is 72.9 Å². The van der Waals surface area contributed by atoms with Gasteiger partial charge in [0.1, 0.15) is 0 Å². The van der Waals surface area contributed by atoms with Crippen LogP contribution in [0.1, 0.15) is 19.3 Å². The van der Waals surface area contributed by atoms with Crippen LogP contribution in [-0.2, 0) is 21.3 Å².